The van der Waals surface area contributed by atoms with Crippen LogP contribution in [0.3, 0.4) is 0 Å². The number of nitrogens with one attached hydrogen (secondary N) is 1. The summed E-state index contributed by atoms with van der Waals surface area (Å²) in [5.41, 5.74) is 1.86. The number of halogens is 2. The molecule has 140 valence electrons. The number of aromatic nitrogens is 3. The van der Waals surface area contributed by atoms with Crippen molar-refractivity contribution >= 4 is 26.1 Å². The van der Waals surface area contributed by atoms with E-state index in [4.69, 9.17) is 0 Å². The first-order valence-corrected chi connectivity index (χ1v) is 10.0. The van der Waals surface area contributed by atoms with Gasteiger partial charge in [-0.25, -0.2) is 0 Å². The summed E-state index contributed by atoms with van der Waals surface area (Å²) in [7, 11) is 1.78. The van der Waals surface area contributed by atoms with Gasteiger partial charge >= 0.3 is 165 Å². The van der Waals surface area contributed by atoms with Crippen LogP contribution in [0, 0.1) is 11.6 Å². The van der Waals surface area contributed by atoms with Crippen LogP contribution in [-0.2, 0) is 7.05 Å². The number of carbonyl (C=O) groups is 1. The Morgan fingerprint density at radius 2 is 1.93 bits per heavy atom. The SMILES string of the molecule is Cn1nc(-c2ccccc2F)cc1-c1ccc(C(=O)Nc2ccncc2F)[se]1. The van der Waals surface area contributed by atoms with E-state index in [1.54, 1.807) is 36.0 Å². The molecular weight excluding hydrogens is 429 g/mol. The Hall–Kier alpha value is -3.09. The Kier molecular flexibility index (Phi) is 4.90. The van der Waals surface area contributed by atoms with Gasteiger partial charge in [0.05, 0.1) is 0 Å². The summed E-state index contributed by atoms with van der Waals surface area (Å²) in [4.78, 5) is 16.1. The van der Waals surface area contributed by atoms with E-state index in [0.717, 1.165) is 16.3 Å². The van der Waals surface area contributed by atoms with E-state index in [0.29, 0.717) is 15.7 Å². The third-order valence-electron chi connectivity index (χ3n) is 4.13. The zero-order chi connectivity index (χ0) is 19.7. The van der Waals surface area contributed by atoms with Crippen LogP contribution in [0.1, 0.15) is 9.23 Å². The molecule has 5 nitrogen and oxygen atoms in total. The van der Waals surface area contributed by atoms with Crippen molar-refractivity contribution in [2.75, 3.05) is 5.32 Å². The number of carbonyl (C=O) groups excluding carboxylic acids is 1. The van der Waals surface area contributed by atoms with Gasteiger partial charge in [-0.3, -0.25) is 0 Å². The van der Waals surface area contributed by atoms with Crippen LogP contribution in [0.15, 0.2) is 60.9 Å². The number of hydrogen-bond acceptors (Lipinski definition) is 3. The number of nitrogens with zero attached hydrogens (tertiary/aromatic N) is 3. The summed E-state index contributed by atoms with van der Waals surface area (Å²) in [6.07, 6.45) is 2.46. The van der Waals surface area contributed by atoms with Gasteiger partial charge in [0.1, 0.15) is 0 Å². The number of pyridine rings is 1. The van der Waals surface area contributed by atoms with E-state index >= 15 is 0 Å². The van der Waals surface area contributed by atoms with Gasteiger partial charge in [0.15, 0.2) is 0 Å². The predicted octanol–water partition coefficient (Wildman–Crippen LogP) is 3.74. The Balaban J connectivity index is 1.60. The first-order valence-electron chi connectivity index (χ1n) is 8.33. The molecule has 0 saturated carbocycles. The summed E-state index contributed by atoms with van der Waals surface area (Å²) in [5, 5.41) is 6.97. The van der Waals surface area contributed by atoms with Gasteiger partial charge in [-0.05, 0) is 0 Å². The van der Waals surface area contributed by atoms with Crippen LogP contribution in [-0.4, -0.2) is 35.2 Å². The molecule has 0 radical (unpaired) electrons. The van der Waals surface area contributed by atoms with E-state index in [-0.39, 0.29) is 31.9 Å². The molecule has 8 heteroatoms. The molecule has 0 aliphatic rings. The number of hydrogen-bond donors (Lipinski definition) is 1. The standard InChI is InChI=1S/C20H14F2N4OSe/c1-26-17(10-16(25-26)12-4-2-3-5-13(12)21)18-6-7-19(28-18)20(27)24-15-8-9-23-11-14(15)22/h2-11H,1H3,(H,23,24,27). The van der Waals surface area contributed by atoms with Crippen molar-refractivity contribution < 1.29 is 13.6 Å². The minimum atomic E-state index is -0.587. The number of aryl methyl sites for hydroxylation is 1. The molecule has 3 heterocycles. The molecular formula is C20H14F2N4OSe. The average molecular weight is 443 g/mol. The van der Waals surface area contributed by atoms with Gasteiger partial charge in [0, 0.05) is 0 Å². The van der Waals surface area contributed by atoms with Crippen molar-refractivity contribution in [1.82, 2.24) is 14.8 Å². The van der Waals surface area contributed by atoms with E-state index in [1.165, 1.54) is 18.3 Å². The topological polar surface area (TPSA) is 59.8 Å². The van der Waals surface area contributed by atoms with E-state index in [9.17, 15) is 13.6 Å². The molecule has 0 fully saturated rings. The molecule has 0 saturated heterocycles. The Bertz CT molecular complexity index is 1170. The average Bonchev–Trinajstić information content (AvgIpc) is 3.31. The van der Waals surface area contributed by atoms with Crippen molar-refractivity contribution in [2.24, 2.45) is 7.05 Å². The zero-order valence-corrected chi connectivity index (χ0v) is 16.4. The van der Waals surface area contributed by atoms with Crippen molar-refractivity contribution in [1.29, 1.82) is 0 Å². The summed E-state index contributed by atoms with van der Waals surface area (Å²) >= 11 is -0.284. The Morgan fingerprint density at radius 1 is 1.11 bits per heavy atom. The quantitative estimate of drug-likeness (QED) is 0.489. The van der Waals surface area contributed by atoms with Gasteiger partial charge in [-0.2, -0.15) is 0 Å². The second kappa shape index (κ2) is 7.50. The molecule has 4 aromatic rings. The molecule has 1 amide bonds. The molecule has 3 aromatic heterocycles. The number of rotatable bonds is 4. The van der Waals surface area contributed by atoms with Crippen molar-refractivity contribution in [3.05, 3.63) is 77.0 Å². The molecule has 4 rings (SSSR count). The first-order chi connectivity index (χ1) is 13.5. The van der Waals surface area contributed by atoms with Gasteiger partial charge in [0.2, 0.25) is 0 Å². The molecule has 0 bridgehead atoms. The van der Waals surface area contributed by atoms with Crippen molar-refractivity contribution in [3.8, 4) is 21.4 Å². The second-order valence-electron chi connectivity index (χ2n) is 5.99. The summed E-state index contributed by atoms with van der Waals surface area (Å²) in [5.74, 6) is -1.28. The van der Waals surface area contributed by atoms with Crippen LogP contribution in [0.5, 0.6) is 0 Å². The summed E-state index contributed by atoms with van der Waals surface area (Å²) in [6, 6.07) is 13.2. The van der Waals surface area contributed by atoms with Gasteiger partial charge in [-0.15, -0.1) is 0 Å². The monoisotopic (exact) mass is 444 g/mol. The number of amides is 1. The van der Waals surface area contributed by atoms with E-state index in [2.05, 4.69) is 15.4 Å². The molecule has 0 atom stereocenters. The van der Waals surface area contributed by atoms with E-state index in [1.807, 2.05) is 12.1 Å². The third-order valence-corrected chi connectivity index (χ3v) is 6.45. The molecule has 0 unspecified atom stereocenters. The first kappa shape index (κ1) is 18.3. The molecule has 0 aliphatic heterocycles. The maximum absolute atomic E-state index is 14.0. The fourth-order valence-electron chi connectivity index (χ4n) is 2.76. The van der Waals surface area contributed by atoms with Crippen LogP contribution in [0.25, 0.3) is 21.4 Å². The molecule has 1 N–H and O–H groups in total. The number of benzene rings is 1. The molecule has 28 heavy (non-hydrogen) atoms. The normalized spacial score (nSPS) is 10.8. The Morgan fingerprint density at radius 3 is 2.71 bits per heavy atom. The van der Waals surface area contributed by atoms with E-state index < -0.39 is 5.82 Å². The second-order valence-corrected chi connectivity index (χ2v) is 8.27. The fraction of sp³-hybridized carbons (Fsp3) is 0.0500. The van der Waals surface area contributed by atoms with Crippen LogP contribution in [0.2, 0.25) is 0 Å². The maximum atomic E-state index is 14.0. The molecule has 0 aliphatic carbocycles. The van der Waals surface area contributed by atoms with Crippen molar-refractivity contribution in [3.63, 3.8) is 0 Å². The van der Waals surface area contributed by atoms with Gasteiger partial charge < -0.3 is 0 Å². The minimum absolute atomic E-state index is 0.0903. The summed E-state index contributed by atoms with van der Waals surface area (Å²) in [6.45, 7) is 0. The van der Waals surface area contributed by atoms with Crippen molar-refractivity contribution in [2.45, 2.75) is 0 Å². The third kappa shape index (κ3) is 3.52. The zero-order valence-electron chi connectivity index (χ0n) is 14.7. The van der Waals surface area contributed by atoms with Crippen LogP contribution in [0.4, 0.5) is 14.5 Å². The van der Waals surface area contributed by atoms with Crippen LogP contribution >= 0.6 is 0 Å². The molecule has 0 spiro atoms. The number of anilines is 1. The fourth-order valence-corrected chi connectivity index (χ4v) is 4.75. The molecule has 1 aromatic carbocycles. The Labute approximate surface area is 165 Å². The van der Waals surface area contributed by atoms with Crippen LogP contribution < -0.4 is 5.32 Å². The predicted molar refractivity (Wildman–Crippen MR) is 103 cm³/mol. The summed E-state index contributed by atoms with van der Waals surface area (Å²) < 4.78 is 30.9. The van der Waals surface area contributed by atoms with Gasteiger partial charge in [0.25, 0.3) is 0 Å². The van der Waals surface area contributed by atoms with Gasteiger partial charge in [-0.1, -0.05) is 0 Å².